The summed E-state index contributed by atoms with van der Waals surface area (Å²) in [5.41, 5.74) is 1.46. The Labute approximate surface area is 176 Å². The van der Waals surface area contributed by atoms with E-state index < -0.39 is 5.54 Å². The van der Waals surface area contributed by atoms with Crippen molar-refractivity contribution in [3.05, 3.63) is 71.8 Å². The number of carbonyl (C=O) groups is 1. The molecule has 3 heteroatoms. The van der Waals surface area contributed by atoms with Crippen LogP contribution < -0.4 is 5.32 Å². The second kappa shape index (κ2) is 12.4. The van der Waals surface area contributed by atoms with Crippen LogP contribution in [-0.2, 0) is 21.5 Å². The number of esters is 1. The Kier molecular flexibility index (Phi) is 9.93. The number of ether oxygens (including phenoxy) is 1. The molecular weight excluding hydrogens is 358 g/mol. The van der Waals surface area contributed by atoms with Crippen LogP contribution in [0.15, 0.2) is 60.7 Å². The van der Waals surface area contributed by atoms with Gasteiger partial charge in [-0.25, -0.2) is 4.79 Å². The highest BCUT2D eigenvalue weighted by Gasteiger charge is 2.41. The predicted molar refractivity (Wildman–Crippen MR) is 121 cm³/mol. The summed E-state index contributed by atoms with van der Waals surface area (Å²) in [7, 11) is 0. The molecule has 0 aliphatic rings. The van der Waals surface area contributed by atoms with E-state index in [1.165, 1.54) is 24.8 Å². The first kappa shape index (κ1) is 23.2. The quantitative estimate of drug-likeness (QED) is 0.332. The molecule has 29 heavy (non-hydrogen) atoms. The molecule has 0 saturated carbocycles. The van der Waals surface area contributed by atoms with E-state index >= 15 is 0 Å². The van der Waals surface area contributed by atoms with Crippen LogP contribution in [0.5, 0.6) is 0 Å². The van der Waals surface area contributed by atoms with Gasteiger partial charge in [0.05, 0.1) is 6.10 Å². The summed E-state index contributed by atoms with van der Waals surface area (Å²) in [4.78, 5) is 13.4. The van der Waals surface area contributed by atoms with Crippen molar-refractivity contribution in [1.82, 2.24) is 5.32 Å². The minimum Gasteiger partial charge on any atom is -0.461 e. The molecule has 158 valence electrons. The van der Waals surface area contributed by atoms with Crippen molar-refractivity contribution >= 4 is 5.97 Å². The zero-order valence-electron chi connectivity index (χ0n) is 18.3. The second-order valence-electron chi connectivity index (χ2n) is 8.05. The van der Waals surface area contributed by atoms with Crippen LogP contribution in [0, 0.1) is 0 Å². The van der Waals surface area contributed by atoms with Gasteiger partial charge in [-0.1, -0.05) is 99.7 Å². The largest absolute Gasteiger partial charge is 0.461 e. The maximum atomic E-state index is 13.4. The summed E-state index contributed by atoms with van der Waals surface area (Å²) in [6, 6.07) is 20.5. The molecule has 1 atom stereocenters. The van der Waals surface area contributed by atoms with Crippen LogP contribution in [-0.4, -0.2) is 18.6 Å². The predicted octanol–water partition coefficient (Wildman–Crippen LogP) is 6.03. The molecule has 0 unspecified atom stereocenters. The molecule has 0 aliphatic heterocycles. The monoisotopic (exact) mass is 395 g/mol. The van der Waals surface area contributed by atoms with Gasteiger partial charge in [-0.05, 0) is 37.8 Å². The molecule has 1 N–H and O–H groups in total. The first-order chi connectivity index (χ1) is 14.1. The minimum atomic E-state index is -0.799. The van der Waals surface area contributed by atoms with E-state index in [-0.39, 0.29) is 12.1 Å². The van der Waals surface area contributed by atoms with Gasteiger partial charge in [0.25, 0.3) is 0 Å². The van der Waals surface area contributed by atoms with Gasteiger partial charge in [0.15, 0.2) is 0 Å². The van der Waals surface area contributed by atoms with E-state index in [1.54, 1.807) is 0 Å². The molecule has 2 aromatic carbocycles. The molecule has 0 heterocycles. The normalized spacial score (nSPS) is 13.2. The smallest absolute Gasteiger partial charge is 0.331 e. The lowest BCUT2D eigenvalue weighted by molar-refractivity contribution is -0.156. The minimum absolute atomic E-state index is 0.137. The average molecular weight is 396 g/mol. The van der Waals surface area contributed by atoms with Crippen molar-refractivity contribution in [2.24, 2.45) is 0 Å². The van der Waals surface area contributed by atoms with E-state index in [2.05, 4.69) is 36.5 Å². The van der Waals surface area contributed by atoms with Crippen LogP contribution >= 0.6 is 0 Å². The van der Waals surface area contributed by atoms with Crippen molar-refractivity contribution in [2.45, 2.75) is 77.4 Å². The number of hydrogen-bond donors (Lipinski definition) is 1. The lowest BCUT2D eigenvalue weighted by atomic mass is 9.84. The fourth-order valence-corrected chi connectivity index (χ4v) is 3.72. The maximum Gasteiger partial charge on any atom is 0.331 e. The SMILES string of the molecule is CCCCCCC[C@@](NCCc1ccccc1)(C(=O)OC(C)C)c1ccccc1. The van der Waals surface area contributed by atoms with Gasteiger partial charge < -0.3 is 4.74 Å². The molecule has 3 nitrogen and oxygen atoms in total. The molecule has 0 bridgehead atoms. The highest BCUT2D eigenvalue weighted by molar-refractivity contribution is 5.82. The molecule has 2 rings (SSSR count). The van der Waals surface area contributed by atoms with Gasteiger partial charge in [0.1, 0.15) is 5.54 Å². The average Bonchev–Trinajstić information content (AvgIpc) is 2.73. The summed E-state index contributed by atoms with van der Waals surface area (Å²) in [6.07, 6.45) is 7.30. The van der Waals surface area contributed by atoms with Gasteiger partial charge in [-0.3, -0.25) is 5.32 Å². The zero-order chi connectivity index (χ0) is 21.0. The fourth-order valence-electron chi connectivity index (χ4n) is 3.72. The summed E-state index contributed by atoms with van der Waals surface area (Å²) < 4.78 is 5.75. The Balaban J connectivity index is 2.21. The topological polar surface area (TPSA) is 38.3 Å². The summed E-state index contributed by atoms with van der Waals surface area (Å²) in [5.74, 6) is -0.165. The second-order valence-corrected chi connectivity index (χ2v) is 8.05. The molecule has 0 spiro atoms. The van der Waals surface area contributed by atoms with Crippen LogP contribution in [0.2, 0.25) is 0 Å². The summed E-state index contributed by atoms with van der Waals surface area (Å²) >= 11 is 0. The lowest BCUT2D eigenvalue weighted by Crippen LogP contribution is -2.51. The first-order valence-electron chi connectivity index (χ1n) is 11.1. The van der Waals surface area contributed by atoms with Gasteiger partial charge in [-0.15, -0.1) is 0 Å². The van der Waals surface area contributed by atoms with E-state index in [0.717, 1.165) is 37.8 Å². The molecule has 0 aliphatic carbocycles. The van der Waals surface area contributed by atoms with Gasteiger partial charge in [-0.2, -0.15) is 0 Å². The van der Waals surface area contributed by atoms with Crippen molar-refractivity contribution in [1.29, 1.82) is 0 Å². The van der Waals surface area contributed by atoms with Gasteiger partial charge >= 0.3 is 5.97 Å². The van der Waals surface area contributed by atoms with Crippen LogP contribution in [0.3, 0.4) is 0 Å². The Morgan fingerprint density at radius 2 is 1.55 bits per heavy atom. The van der Waals surface area contributed by atoms with Crippen molar-refractivity contribution in [3.8, 4) is 0 Å². The van der Waals surface area contributed by atoms with Crippen LogP contribution in [0.1, 0.15) is 70.4 Å². The maximum absolute atomic E-state index is 13.4. The Morgan fingerprint density at radius 1 is 0.931 bits per heavy atom. The Morgan fingerprint density at radius 3 is 2.17 bits per heavy atom. The molecule has 0 saturated heterocycles. The van der Waals surface area contributed by atoms with E-state index in [9.17, 15) is 4.79 Å². The molecular formula is C26H37NO2. The van der Waals surface area contributed by atoms with E-state index in [1.807, 2.05) is 50.2 Å². The summed E-state index contributed by atoms with van der Waals surface area (Å²) in [6.45, 7) is 6.78. The number of hydrogen-bond acceptors (Lipinski definition) is 3. The lowest BCUT2D eigenvalue weighted by Gasteiger charge is -2.34. The van der Waals surface area contributed by atoms with E-state index in [4.69, 9.17) is 4.74 Å². The van der Waals surface area contributed by atoms with Crippen molar-refractivity contribution in [2.75, 3.05) is 6.54 Å². The first-order valence-corrected chi connectivity index (χ1v) is 11.1. The third kappa shape index (κ3) is 7.32. The summed E-state index contributed by atoms with van der Waals surface area (Å²) in [5, 5.41) is 3.62. The van der Waals surface area contributed by atoms with Crippen LogP contribution in [0.25, 0.3) is 0 Å². The number of carbonyl (C=O) groups excluding carboxylic acids is 1. The fraction of sp³-hybridized carbons (Fsp3) is 0.500. The van der Waals surface area contributed by atoms with Gasteiger partial charge in [0.2, 0.25) is 0 Å². The zero-order valence-corrected chi connectivity index (χ0v) is 18.3. The number of benzene rings is 2. The van der Waals surface area contributed by atoms with E-state index in [0.29, 0.717) is 0 Å². The highest BCUT2D eigenvalue weighted by Crippen LogP contribution is 2.30. The third-order valence-corrected chi connectivity index (χ3v) is 5.30. The molecule has 0 fully saturated rings. The standard InChI is InChI=1S/C26H37NO2/c1-4-5-6-7-14-20-26(25(28)29-22(2)3,24-17-12-9-13-18-24)27-21-19-23-15-10-8-11-16-23/h8-13,15-18,22,27H,4-7,14,19-21H2,1-3H3/t26-/m0/s1. The van der Waals surface area contributed by atoms with Crippen LogP contribution in [0.4, 0.5) is 0 Å². The third-order valence-electron chi connectivity index (χ3n) is 5.30. The molecule has 2 aromatic rings. The highest BCUT2D eigenvalue weighted by atomic mass is 16.5. The number of nitrogens with one attached hydrogen (secondary N) is 1. The number of unbranched alkanes of at least 4 members (excludes halogenated alkanes) is 4. The molecule has 0 amide bonds. The number of rotatable bonds is 13. The Hall–Kier alpha value is -2.13. The van der Waals surface area contributed by atoms with Crippen molar-refractivity contribution < 1.29 is 9.53 Å². The molecule has 0 aromatic heterocycles. The Bertz CT molecular complexity index is 699. The molecule has 0 radical (unpaired) electrons. The van der Waals surface area contributed by atoms with Gasteiger partial charge in [0, 0.05) is 6.54 Å². The van der Waals surface area contributed by atoms with Crippen molar-refractivity contribution in [3.63, 3.8) is 0 Å².